The summed E-state index contributed by atoms with van der Waals surface area (Å²) in [5.74, 6) is -0.0695. The van der Waals surface area contributed by atoms with Crippen LogP contribution >= 0.6 is 0 Å². The van der Waals surface area contributed by atoms with Crippen LogP contribution in [-0.4, -0.2) is 52.6 Å². The molecule has 0 radical (unpaired) electrons. The van der Waals surface area contributed by atoms with Gasteiger partial charge in [0.1, 0.15) is 12.3 Å². The third-order valence-electron chi connectivity index (χ3n) is 3.70. The second-order valence-electron chi connectivity index (χ2n) is 5.04. The van der Waals surface area contributed by atoms with Gasteiger partial charge in [-0.1, -0.05) is 0 Å². The van der Waals surface area contributed by atoms with Crippen molar-refractivity contribution in [2.45, 2.75) is 24.9 Å². The zero-order chi connectivity index (χ0) is 15.9. The maximum atomic E-state index is 12.2. The number of rotatable bonds is 4. The fourth-order valence-electron chi connectivity index (χ4n) is 2.72. The molecule has 1 aliphatic rings. The summed E-state index contributed by atoms with van der Waals surface area (Å²) in [6.07, 6.45) is -0.705. The van der Waals surface area contributed by atoms with E-state index in [1.165, 1.54) is 4.57 Å². The van der Waals surface area contributed by atoms with E-state index in [1.807, 2.05) is 0 Å². The van der Waals surface area contributed by atoms with Gasteiger partial charge in [-0.3, -0.25) is 14.8 Å². The Hall–Kier alpha value is -2.17. The number of aromatic amines is 2. The summed E-state index contributed by atoms with van der Waals surface area (Å²) in [7, 11) is 3.13. The highest BCUT2D eigenvalue weighted by Gasteiger charge is 2.38. The van der Waals surface area contributed by atoms with Crippen LogP contribution in [0.25, 0.3) is 11.2 Å². The lowest BCUT2D eigenvalue weighted by Crippen LogP contribution is -2.27. The maximum absolute atomic E-state index is 12.2. The molecule has 3 atom stereocenters. The van der Waals surface area contributed by atoms with E-state index in [0.29, 0.717) is 13.0 Å². The summed E-state index contributed by atoms with van der Waals surface area (Å²) in [4.78, 5) is 32.8. The number of nitrogen functional groups attached to an aromatic ring is 1. The number of anilines is 1. The fourth-order valence-corrected chi connectivity index (χ4v) is 2.72. The largest absolute Gasteiger partial charge is 0.382 e. The average Bonchev–Trinajstić information content (AvgIpc) is 3.00. The summed E-state index contributed by atoms with van der Waals surface area (Å²) >= 11 is 0. The molecule has 0 aromatic carbocycles. The Morgan fingerprint density at radius 1 is 1.41 bits per heavy atom. The minimum Gasteiger partial charge on any atom is -0.382 e. The predicted molar refractivity (Wildman–Crippen MR) is 76.6 cm³/mol. The molecule has 4 N–H and O–H groups in total. The Kier molecular flexibility index (Phi) is 3.72. The van der Waals surface area contributed by atoms with Crippen LogP contribution in [0.1, 0.15) is 12.6 Å². The van der Waals surface area contributed by atoms with E-state index < -0.39 is 17.5 Å². The lowest BCUT2D eigenvalue weighted by molar-refractivity contribution is -0.0604. The SMILES string of the molecule is COC[C@H]1O[C@@H](n2c(=O)[nH]c3c(=O)[nH]c(N)nc32)C[C@@H]1OC. The van der Waals surface area contributed by atoms with Gasteiger partial charge in [0.2, 0.25) is 5.95 Å². The topological polar surface area (TPSA) is 137 Å². The maximum Gasteiger partial charge on any atom is 0.329 e. The number of nitrogens with two attached hydrogens (primary N) is 1. The second-order valence-corrected chi connectivity index (χ2v) is 5.04. The Bertz CT molecular complexity index is 793. The molecule has 10 heteroatoms. The van der Waals surface area contributed by atoms with E-state index in [1.54, 1.807) is 14.2 Å². The van der Waals surface area contributed by atoms with Crippen molar-refractivity contribution in [3.8, 4) is 0 Å². The molecule has 0 bridgehead atoms. The molecular formula is C12H17N5O5. The number of aromatic nitrogens is 4. The predicted octanol–water partition coefficient (Wildman–Crippen LogP) is -1.06. The molecule has 10 nitrogen and oxygen atoms in total. The zero-order valence-corrected chi connectivity index (χ0v) is 12.2. The molecule has 2 aromatic rings. The Labute approximate surface area is 124 Å². The minimum absolute atomic E-state index is 0.0620. The zero-order valence-electron chi connectivity index (χ0n) is 12.2. The van der Waals surface area contributed by atoms with Gasteiger partial charge in [-0.05, 0) is 0 Å². The number of fused-ring (bicyclic) bond motifs is 1. The summed E-state index contributed by atoms with van der Waals surface area (Å²) in [6, 6.07) is 0. The summed E-state index contributed by atoms with van der Waals surface area (Å²) in [6.45, 7) is 0.336. The lowest BCUT2D eigenvalue weighted by atomic mass is 10.2. The Balaban J connectivity index is 2.06. The van der Waals surface area contributed by atoms with Crippen LogP contribution in [0.15, 0.2) is 9.59 Å². The number of nitrogens with one attached hydrogen (secondary N) is 2. The fraction of sp³-hybridized carbons (Fsp3) is 0.583. The van der Waals surface area contributed by atoms with Crippen molar-refractivity contribution in [1.29, 1.82) is 0 Å². The lowest BCUT2D eigenvalue weighted by Gasteiger charge is -2.15. The smallest absolute Gasteiger partial charge is 0.329 e. The van der Waals surface area contributed by atoms with Crippen molar-refractivity contribution in [3.63, 3.8) is 0 Å². The molecule has 1 saturated heterocycles. The summed E-state index contributed by atoms with van der Waals surface area (Å²) in [5.41, 5.74) is 4.77. The third kappa shape index (κ3) is 2.30. The van der Waals surface area contributed by atoms with Crippen LogP contribution in [0, 0.1) is 0 Å². The second kappa shape index (κ2) is 5.55. The minimum atomic E-state index is -0.611. The van der Waals surface area contributed by atoms with Crippen molar-refractivity contribution in [1.82, 2.24) is 19.5 Å². The normalized spacial score (nSPS) is 25.1. The highest BCUT2D eigenvalue weighted by Crippen LogP contribution is 2.31. The molecule has 2 aromatic heterocycles. The van der Waals surface area contributed by atoms with Crippen LogP contribution < -0.4 is 17.0 Å². The standard InChI is InChI=1S/C12H17N5O5/c1-20-4-6-5(21-2)3-7(22-6)17-9-8(14-12(17)19)10(18)16-11(13)15-9/h5-7H,3-4H2,1-2H3,(H,14,19)(H3,13,15,16,18)/t5-,6+,7+/m0/s1. The van der Waals surface area contributed by atoms with Gasteiger partial charge in [0.25, 0.3) is 5.56 Å². The molecular weight excluding hydrogens is 294 g/mol. The van der Waals surface area contributed by atoms with Crippen molar-refractivity contribution in [2.75, 3.05) is 26.6 Å². The number of hydrogen-bond acceptors (Lipinski definition) is 7. The third-order valence-corrected chi connectivity index (χ3v) is 3.70. The van der Waals surface area contributed by atoms with Crippen molar-refractivity contribution < 1.29 is 14.2 Å². The van der Waals surface area contributed by atoms with Crippen LogP contribution in [0.4, 0.5) is 5.95 Å². The molecule has 1 fully saturated rings. The number of hydrogen-bond donors (Lipinski definition) is 3. The number of nitrogens with zero attached hydrogens (tertiary/aromatic N) is 2. The van der Waals surface area contributed by atoms with Crippen LogP contribution in [0.3, 0.4) is 0 Å². The first-order valence-electron chi connectivity index (χ1n) is 6.72. The van der Waals surface area contributed by atoms with E-state index in [2.05, 4.69) is 15.0 Å². The molecule has 0 spiro atoms. The molecule has 22 heavy (non-hydrogen) atoms. The van der Waals surface area contributed by atoms with Gasteiger partial charge >= 0.3 is 5.69 Å². The van der Waals surface area contributed by atoms with Crippen molar-refractivity contribution in [2.24, 2.45) is 0 Å². The first kappa shape index (κ1) is 14.8. The van der Waals surface area contributed by atoms with Gasteiger partial charge < -0.3 is 19.9 Å². The van der Waals surface area contributed by atoms with Gasteiger partial charge in [0.05, 0.1) is 12.7 Å². The van der Waals surface area contributed by atoms with E-state index >= 15 is 0 Å². The van der Waals surface area contributed by atoms with Gasteiger partial charge in [0.15, 0.2) is 11.2 Å². The molecule has 0 unspecified atom stereocenters. The van der Waals surface area contributed by atoms with E-state index in [4.69, 9.17) is 19.9 Å². The molecule has 3 heterocycles. The first-order valence-corrected chi connectivity index (χ1v) is 6.72. The summed E-state index contributed by atoms with van der Waals surface area (Å²) in [5, 5.41) is 0. The highest BCUT2D eigenvalue weighted by atomic mass is 16.6. The number of ether oxygens (including phenoxy) is 3. The number of imidazole rings is 1. The van der Waals surface area contributed by atoms with Gasteiger partial charge in [-0.25, -0.2) is 9.36 Å². The molecule has 0 amide bonds. The van der Waals surface area contributed by atoms with Gasteiger partial charge in [-0.15, -0.1) is 0 Å². The summed E-state index contributed by atoms with van der Waals surface area (Å²) < 4.78 is 17.5. The van der Waals surface area contributed by atoms with E-state index in [9.17, 15) is 9.59 Å². The highest BCUT2D eigenvalue weighted by molar-refractivity contribution is 5.70. The van der Waals surface area contributed by atoms with Gasteiger partial charge in [-0.2, -0.15) is 4.98 Å². The van der Waals surface area contributed by atoms with Crippen LogP contribution in [-0.2, 0) is 14.2 Å². The van der Waals surface area contributed by atoms with Gasteiger partial charge in [0, 0.05) is 20.6 Å². The van der Waals surface area contributed by atoms with Crippen LogP contribution in [0.2, 0.25) is 0 Å². The molecule has 1 aliphatic heterocycles. The average molecular weight is 311 g/mol. The quantitative estimate of drug-likeness (QED) is 0.654. The molecule has 120 valence electrons. The van der Waals surface area contributed by atoms with Crippen LogP contribution in [0.5, 0.6) is 0 Å². The number of H-pyrrole nitrogens is 2. The number of methoxy groups -OCH3 is 2. The van der Waals surface area contributed by atoms with E-state index in [-0.39, 0.29) is 29.3 Å². The van der Waals surface area contributed by atoms with Crippen molar-refractivity contribution >= 4 is 17.1 Å². The first-order chi connectivity index (χ1) is 10.5. The monoisotopic (exact) mass is 311 g/mol. The van der Waals surface area contributed by atoms with Crippen molar-refractivity contribution in [3.05, 3.63) is 20.8 Å². The molecule has 0 aliphatic carbocycles. The molecule has 0 saturated carbocycles. The Morgan fingerprint density at radius 3 is 2.86 bits per heavy atom. The van der Waals surface area contributed by atoms with E-state index in [0.717, 1.165) is 0 Å². The Morgan fingerprint density at radius 2 is 2.18 bits per heavy atom. The molecule has 3 rings (SSSR count).